The summed E-state index contributed by atoms with van der Waals surface area (Å²) >= 11 is 0. The second-order valence-corrected chi connectivity index (χ2v) is 8.15. The number of nitrogens with one attached hydrogen (secondary N) is 1. The Morgan fingerprint density at radius 1 is 1.15 bits per heavy atom. The molecule has 0 aliphatic carbocycles. The van der Waals surface area contributed by atoms with E-state index in [0.717, 1.165) is 5.56 Å². The lowest BCUT2D eigenvalue weighted by Crippen LogP contribution is -2.41. The molecule has 206 valence electrons. The number of anilines is 2. The number of halogens is 3. The van der Waals surface area contributed by atoms with Crippen molar-refractivity contribution in [3.63, 3.8) is 0 Å². The molecule has 9 nitrogen and oxygen atoms in total. The van der Waals surface area contributed by atoms with Crippen LogP contribution in [-0.2, 0) is 17.7 Å². The number of alkyl halides is 3. The monoisotopic (exact) mass is 543 g/mol. The van der Waals surface area contributed by atoms with Crippen LogP contribution in [0.2, 0.25) is 0 Å². The minimum absolute atomic E-state index is 0.0801. The first-order valence-corrected chi connectivity index (χ1v) is 12.2. The fraction of sp³-hybridized carbons (Fsp3) is 0.333. The highest BCUT2D eigenvalue weighted by molar-refractivity contribution is 6.15. The number of hydrogen-bond acceptors (Lipinski definition) is 6. The highest BCUT2D eigenvalue weighted by Crippen LogP contribution is 2.26. The number of ether oxygens (including phenoxy) is 2. The number of nitrogens with zero attached hydrogens (tertiary/aromatic N) is 4. The van der Waals surface area contributed by atoms with Crippen molar-refractivity contribution in [1.29, 1.82) is 5.26 Å². The van der Waals surface area contributed by atoms with Crippen molar-refractivity contribution < 1.29 is 32.2 Å². The Bertz CT molecular complexity index is 1350. The van der Waals surface area contributed by atoms with Gasteiger partial charge < -0.3 is 19.7 Å². The molecule has 0 spiro atoms. The number of amides is 2. The Morgan fingerprint density at radius 2 is 1.87 bits per heavy atom. The van der Waals surface area contributed by atoms with Crippen molar-refractivity contribution in [1.82, 2.24) is 9.78 Å². The summed E-state index contributed by atoms with van der Waals surface area (Å²) in [6.45, 7) is 3.31. The van der Waals surface area contributed by atoms with Crippen LogP contribution in [0, 0.1) is 11.3 Å². The van der Waals surface area contributed by atoms with Gasteiger partial charge in [-0.2, -0.15) is 23.5 Å². The zero-order valence-corrected chi connectivity index (χ0v) is 21.7. The fourth-order valence-corrected chi connectivity index (χ4v) is 3.91. The van der Waals surface area contributed by atoms with Gasteiger partial charge in [0.2, 0.25) is 0 Å². The standard InChI is InChI=1S/C25H22F3N5O4.C2H6/c1-36-21-7-4-18(12-17(21)13-29)31-23(34)20-14-30-33-10-9-32(24(35)22(20)33)19-5-2-16(3-6-19)8-11-37-15-25(26,27)28;1-2/h2-7,12,14H,8-11,15H2,1H3,(H,31,34);1-2H3. The summed E-state index contributed by atoms with van der Waals surface area (Å²) in [5, 5.41) is 16.1. The smallest absolute Gasteiger partial charge is 0.411 e. The first-order valence-electron chi connectivity index (χ1n) is 12.2. The van der Waals surface area contributed by atoms with E-state index in [9.17, 15) is 28.0 Å². The van der Waals surface area contributed by atoms with Crippen LogP contribution in [0.15, 0.2) is 48.7 Å². The molecule has 2 heterocycles. The zero-order chi connectivity index (χ0) is 28.6. The van der Waals surface area contributed by atoms with Crippen molar-refractivity contribution in [3.8, 4) is 11.8 Å². The Kier molecular flexibility index (Phi) is 9.68. The van der Waals surface area contributed by atoms with Gasteiger partial charge in [0.25, 0.3) is 11.8 Å². The molecule has 1 aliphatic rings. The summed E-state index contributed by atoms with van der Waals surface area (Å²) in [7, 11) is 1.44. The van der Waals surface area contributed by atoms with E-state index in [0.29, 0.717) is 36.6 Å². The molecule has 0 fully saturated rings. The Morgan fingerprint density at radius 3 is 2.51 bits per heavy atom. The van der Waals surface area contributed by atoms with Crippen LogP contribution < -0.4 is 15.0 Å². The maximum absolute atomic E-state index is 13.3. The van der Waals surface area contributed by atoms with E-state index < -0.39 is 24.6 Å². The van der Waals surface area contributed by atoms with Gasteiger partial charge in [-0.15, -0.1) is 0 Å². The number of carbonyl (C=O) groups excluding carboxylic acids is 2. The molecular formula is C27H28F3N5O4. The summed E-state index contributed by atoms with van der Waals surface area (Å²) < 4.78 is 47.8. The van der Waals surface area contributed by atoms with E-state index in [1.165, 1.54) is 29.0 Å². The number of benzene rings is 2. The highest BCUT2D eigenvalue weighted by Gasteiger charge is 2.32. The second kappa shape index (κ2) is 12.9. The summed E-state index contributed by atoms with van der Waals surface area (Å²) in [6, 6.07) is 13.4. The van der Waals surface area contributed by atoms with Crippen LogP contribution in [0.3, 0.4) is 0 Å². The number of carbonyl (C=O) groups is 2. The molecule has 0 atom stereocenters. The van der Waals surface area contributed by atoms with Crippen LogP contribution >= 0.6 is 0 Å². The Labute approximate surface area is 223 Å². The summed E-state index contributed by atoms with van der Waals surface area (Å²) in [4.78, 5) is 27.8. The molecule has 12 heteroatoms. The lowest BCUT2D eigenvalue weighted by Gasteiger charge is -2.28. The van der Waals surface area contributed by atoms with E-state index >= 15 is 0 Å². The SMILES string of the molecule is CC.COc1ccc(NC(=O)c2cnn3c2C(=O)N(c2ccc(CCOCC(F)(F)F)cc2)CC3)cc1C#N. The molecule has 2 aromatic carbocycles. The average molecular weight is 544 g/mol. The Balaban J connectivity index is 0.00000205. The third kappa shape index (κ3) is 7.14. The largest absolute Gasteiger partial charge is 0.495 e. The van der Waals surface area contributed by atoms with Gasteiger partial charge in [0.05, 0.1) is 37.6 Å². The number of methoxy groups -OCH3 is 1. The minimum atomic E-state index is -4.37. The fourth-order valence-electron chi connectivity index (χ4n) is 3.91. The molecule has 2 amide bonds. The quantitative estimate of drug-likeness (QED) is 0.408. The first-order chi connectivity index (χ1) is 18.7. The lowest BCUT2D eigenvalue weighted by molar-refractivity contribution is -0.173. The van der Waals surface area contributed by atoms with Gasteiger partial charge in [0, 0.05) is 17.9 Å². The highest BCUT2D eigenvalue weighted by atomic mass is 19.4. The number of rotatable bonds is 8. The third-order valence-electron chi connectivity index (χ3n) is 5.69. The molecule has 4 rings (SSSR count). The minimum Gasteiger partial charge on any atom is -0.495 e. The van der Waals surface area contributed by atoms with Crippen molar-refractivity contribution in [2.45, 2.75) is 33.0 Å². The van der Waals surface area contributed by atoms with Crippen molar-refractivity contribution in [2.75, 3.05) is 37.1 Å². The molecule has 39 heavy (non-hydrogen) atoms. The van der Waals surface area contributed by atoms with Gasteiger partial charge in [0.1, 0.15) is 24.1 Å². The molecule has 1 aromatic heterocycles. The zero-order valence-electron chi connectivity index (χ0n) is 21.7. The second-order valence-electron chi connectivity index (χ2n) is 8.15. The average Bonchev–Trinajstić information content (AvgIpc) is 3.38. The molecule has 1 aliphatic heterocycles. The van der Waals surface area contributed by atoms with Gasteiger partial charge in [-0.25, -0.2) is 0 Å². The lowest BCUT2D eigenvalue weighted by atomic mass is 10.1. The number of nitriles is 1. The Hall–Kier alpha value is -4.37. The van der Waals surface area contributed by atoms with E-state index in [2.05, 4.69) is 15.2 Å². The van der Waals surface area contributed by atoms with Gasteiger partial charge >= 0.3 is 6.18 Å². The maximum atomic E-state index is 13.3. The number of fused-ring (bicyclic) bond motifs is 1. The number of hydrogen-bond donors (Lipinski definition) is 1. The predicted octanol–water partition coefficient (Wildman–Crippen LogP) is 4.82. The van der Waals surface area contributed by atoms with Crippen molar-refractivity contribution in [2.24, 2.45) is 0 Å². The van der Waals surface area contributed by atoms with Crippen LogP contribution in [-0.4, -0.2) is 54.6 Å². The molecule has 0 radical (unpaired) electrons. The predicted molar refractivity (Wildman–Crippen MR) is 138 cm³/mol. The van der Waals surface area contributed by atoms with E-state index in [1.807, 2.05) is 19.9 Å². The topological polar surface area (TPSA) is 109 Å². The van der Waals surface area contributed by atoms with Gasteiger partial charge in [-0.05, 0) is 42.3 Å². The molecule has 1 N–H and O–H groups in total. The van der Waals surface area contributed by atoms with Gasteiger partial charge in [-0.1, -0.05) is 26.0 Å². The van der Waals surface area contributed by atoms with Crippen LogP contribution in [0.5, 0.6) is 5.75 Å². The van der Waals surface area contributed by atoms with Gasteiger partial charge in [-0.3, -0.25) is 14.3 Å². The molecule has 0 bridgehead atoms. The number of aromatic nitrogens is 2. The summed E-state index contributed by atoms with van der Waals surface area (Å²) in [5.74, 6) is -0.601. The van der Waals surface area contributed by atoms with Crippen LogP contribution in [0.1, 0.15) is 45.8 Å². The maximum Gasteiger partial charge on any atom is 0.411 e. The molecule has 0 unspecified atom stereocenters. The summed E-state index contributed by atoms with van der Waals surface area (Å²) in [5.41, 5.74) is 2.16. The van der Waals surface area contributed by atoms with E-state index in [-0.39, 0.29) is 23.4 Å². The third-order valence-corrected chi connectivity index (χ3v) is 5.69. The van der Waals surface area contributed by atoms with Gasteiger partial charge in [0.15, 0.2) is 0 Å². The van der Waals surface area contributed by atoms with Crippen molar-refractivity contribution >= 4 is 23.2 Å². The summed E-state index contributed by atoms with van der Waals surface area (Å²) in [6.07, 6.45) is -2.75. The molecule has 0 saturated heterocycles. The van der Waals surface area contributed by atoms with E-state index in [4.69, 9.17) is 4.74 Å². The van der Waals surface area contributed by atoms with Crippen molar-refractivity contribution in [3.05, 3.63) is 71.0 Å². The van der Waals surface area contributed by atoms with Crippen LogP contribution in [0.4, 0.5) is 24.5 Å². The molecule has 3 aromatic rings. The first kappa shape index (κ1) is 29.2. The molecular weight excluding hydrogens is 515 g/mol. The van der Waals surface area contributed by atoms with E-state index in [1.54, 1.807) is 36.4 Å². The normalized spacial score (nSPS) is 12.6. The molecule has 0 saturated carbocycles. The van der Waals surface area contributed by atoms with Crippen LogP contribution in [0.25, 0.3) is 0 Å².